The van der Waals surface area contributed by atoms with Crippen LogP contribution in [0.15, 0.2) is 70.9 Å². The Bertz CT molecular complexity index is 1260. The van der Waals surface area contributed by atoms with Crippen molar-refractivity contribution in [2.24, 2.45) is 5.41 Å². The summed E-state index contributed by atoms with van der Waals surface area (Å²) in [5.74, 6) is -0.982. The zero-order valence-electron chi connectivity index (χ0n) is 22.6. The number of hydrogen-bond acceptors (Lipinski definition) is 4. The Morgan fingerprint density at radius 1 is 1.21 bits per heavy atom. The van der Waals surface area contributed by atoms with E-state index in [4.69, 9.17) is 4.74 Å². The summed E-state index contributed by atoms with van der Waals surface area (Å²) < 4.78 is 6.79. The molecule has 1 N–H and O–H groups in total. The highest BCUT2D eigenvalue weighted by atomic mass is 16.5. The Morgan fingerprint density at radius 3 is 2.66 bits per heavy atom. The number of benzene rings is 1. The molecule has 3 aliphatic rings. The molecular weight excluding hydrogens is 478 g/mol. The highest BCUT2D eigenvalue weighted by Crippen LogP contribution is 2.41. The van der Waals surface area contributed by atoms with Crippen LogP contribution in [-0.4, -0.2) is 40.3 Å². The number of carbonyl (C=O) groups is 3. The molecule has 2 fully saturated rings. The fraction of sp³-hybridized carbons (Fsp3) is 0.469. The maximum atomic E-state index is 13.5. The van der Waals surface area contributed by atoms with Gasteiger partial charge in [-0.25, -0.2) is 4.79 Å². The topological polar surface area (TPSA) is 83.9 Å². The lowest BCUT2D eigenvalue weighted by atomic mass is 9.84. The van der Waals surface area contributed by atoms with E-state index in [1.54, 1.807) is 29.2 Å². The summed E-state index contributed by atoms with van der Waals surface area (Å²) in [6.45, 7) is 6.11. The molecule has 1 aromatic rings. The first-order chi connectivity index (χ1) is 18.2. The number of allylic oxidation sites excluding steroid dienone is 5. The van der Waals surface area contributed by atoms with Crippen LogP contribution in [0.1, 0.15) is 94.2 Å². The van der Waals surface area contributed by atoms with Gasteiger partial charge in [0.05, 0.1) is 11.6 Å². The average Bonchev–Trinajstić information content (AvgIpc) is 3.78. The molecule has 0 spiro atoms. The van der Waals surface area contributed by atoms with E-state index in [9.17, 15) is 19.5 Å². The Hall–Kier alpha value is -3.59. The summed E-state index contributed by atoms with van der Waals surface area (Å²) in [4.78, 5) is 40.0. The molecule has 6 heteroatoms. The molecule has 1 saturated heterocycles. The van der Waals surface area contributed by atoms with Gasteiger partial charge in [0, 0.05) is 17.5 Å². The van der Waals surface area contributed by atoms with E-state index in [1.807, 2.05) is 39.0 Å². The fourth-order valence-electron chi connectivity index (χ4n) is 4.87. The number of amides is 1. The number of ketones is 1. The molecule has 4 rings (SSSR count). The van der Waals surface area contributed by atoms with Gasteiger partial charge in [-0.2, -0.15) is 0 Å². The summed E-state index contributed by atoms with van der Waals surface area (Å²) in [6, 6.07) is 6.59. The van der Waals surface area contributed by atoms with Gasteiger partial charge in [0.1, 0.15) is 11.9 Å². The van der Waals surface area contributed by atoms with Crippen molar-refractivity contribution in [1.29, 1.82) is 0 Å². The van der Waals surface area contributed by atoms with Crippen molar-refractivity contribution in [2.75, 3.05) is 6.54 Å². The number of ether oxygens (including phenoxy) is 1. The van der Waals surface area contributed by atoms with Crippen LogP contribution >= 0.6 is 0 Å². The van der Waals surface area contributed by atoms with Crippen LogP contribution in [-0.2, 0) is 14.3 Å². The van der Waals surface area contributed by atoms with Gasteiger partial charge in [-0.05, 0) is 86.8 Å². The first kappa shape index (κ1) is 27.4. The lowest BCUT2D eigenvalue weighted by Crippen LogP contribution is -2.50. The van der Waals surface area contributed by atoms with Crippen molar-refractivity contribution < 1.29 is 24.2 Å². The van der Waals surface area contributed by atoms with Crippen LogP contribution in [0.4, 0.5) is 0 Å². The van der Waals surface area contributed by atoms with Crippen molar-refractivity contribution in [3.63, 3.8) is 0 Å². The van der Waals surface area contributed by atoms with Gasteiger partial charge in [-0.1, -0.05) is 50.4 Å². The Kier molecular flexibility index (Phi) is 8.56. The number of nitrogens with zero attached hydrogens (tertiary/aromatic N) is 1. The molecule has 1 aliphatic heterocycles. The number of piperidine rings is 1. The minimum Gasteiger partial charge on any atom is -0.488 e. The van der Waals surface area contributed by atoms with E-state index in [1.165, 1.54) is 5.57 Å². The van der Waals surface area contributed by atoms with Crippen molar-refractivity contribution in [3.8, 4) is 0 Å². The number of likely N-dealkylation sites (tertiary alicyclic amines) is 1. The van der Waals surface area contributed by atoms with Gasteiger partial charge in [-0.15, -0.1) is 0 Å². The summed E-state index contributed by atoms with van der Waals surface area (Å²) in [6.07, 6.45) is 11.6. The molecule has 200 valence electrons. The second-order valence-corrected chi connectivity index (χ2v) is 10.9. The van der Waals surface area contributed by atoms with Gasteiger partial charge in [0.15, 0.2) is 0 Å². The smallest absolute Gasteiger partial charge is 0.335 e. The number of carbonyl (C=O) groups excluding carboxylic acids is 2. The van der Waals surface area contributed by atoms with Crippen LogP contribution in [0.5, 0.6) is 0 Å². The zero-order chi connectivity index (χ0) is 27.3. The van der Waals surface area contributed by atoms with E-state index >= 15 is 0 Å². The number of Topliss-reactive ketones (excluding diaryl/α,β-unsaturated/α-hetero) is 1. The summed E-state index contributed by atoms with van der Waals surface area (Å²) in [7, 11) is 0. The largest absolute Gasteiger partial charge is 0.488 e. The number of rotatable bonds is 11. The maximum absolute atomic E-state index is 13.5. The van der Waals surface area contributed by atoms with Gasteiger partial charge in [0.2, 0.25) is 5.78 Å². The molecule has 1 aromatic carbocycles. The molecule has 0 bridgehead atoms. The third-order valence-corrected chi connectivity index (χ3v) is 7.77. The normalized spacial score (nSPS) is 19.1. The molecule has 0 aromatic heterocycles. The van der Waals surface area contributed by atoms with Crippen molar-refractivity contribution in [1.82, 2.24) is 4.90 Å². The zero-order valence-corrected chi connectivity index (χ0v) is 22.6. The number of hydrogen-bond donors (Lipinski definition) is 1. The summed E-state index contributed by atoms with van der Waals surface area (Å²) in [5, 5.41) is 9.58. The lowest BCUT2D eigenvalue weighted by Gasteiger charge is -2.39. The van der Waals surface area contributed by atoms with Crippen molar-refractivity contribution in [2.45, 2.75) is 84.3 Å². The Labute approximate surface area is 225 Å². The standard InChI is InChI=1S/C32H37NO5/c1-4-32(2,3)29(34)30(35)33-20-9-8-15-26(33)28(23-17-18-23)38-27(19-16-22-11-6-5-7-12-22)24-13-10-14-25(21-24)31(36)37/h5-6,10-11,13-14,21,26-27H,4,8-9,15-20H2,1-3H3,(H,36,37)/t26?,27-/m1/s1. The quantitative estimate of drug-likeness (QED) is 0.208. The molecule has 38 heavy (non-hydrogen) atoms. The second kappa shape index (κ2) is 11.9. The molecule has 0 radical (unpaired) electrons. The van der Waals surface area contributed by atoms with Crippen LogP contribution in [0.3, 0.4) is 0 Å². The average molecular weight is 516 g/mol. The second-order valence-electron chi connectivity index (χ2n) is 10.9. The van der Waals surface area contributed by atoms with Gasteiger partial charge in [0.25, 0.3) is 5.91 Å². The Morgan fingerprint density at radius 2 is 2.00 bits per heavy atom. The van der Waals surface area contributed by atoms with Gasteiger partial charge >= 0.3 is 5.97 Å². The molecular formula is C32H37NO5. The van der Waals surface area contributed by atoms with Crippen LogP contribution < -0.4 is 0 Å². The first-order valence-electron chi connectivity index (χ1n) is 13.7. The molecule has 1 unspecified atom stereocenters. The van der Waals surface area contributed by atoms with Crippen LogP contribution in [0, 0.1) is 5.41 Å². The minimum atomic E-state index is -0.988. The lowest BCUT2D eigenvalue weighted by molar-refractivity contribution is -0.151. The monoisotopic (exact) mass is 515 g/mol. The molecule has 1 heterocycles. The minimum absolute atomic E-state index is 0.207. The fourth-order valence-corrected chi connectivity index (χ4v) is 4.87. The van der Waals surface area contributed by atoms with Gasteiger partial charge < -0.3 is 14.7 Å². The number of aromatic carboxylic acids is 1. The van der Waals surface area contributed by atoms with Crippen molar-refractivity contribution >= 4 is 17.7 Å². The number of carboxylic acids is 1. The highest BCUT2D eigenvalue weighted by Gasteiger charge is 2.41. The predicted octanol–water partition coefficient (Wildman–Crippen LogP) is 6.46. The van der Waals surface area contributed by atoms with E-state index in [0.717, 1.165) is 49.0 Å². The summed E-state index contributed by atoms with van der Waals surface area (Å²) >= 11 is 0. The Balaban J connectivity index is 1.64. The predicted molar refractivity (Wildman–Crippen MR) is 145 cm³/mol. The van der Waals surface area contributed by atoms with E-state index < -0.39 is 23.4 Å². The van der Waals surface area contributed by atoms with Crippen LogP contribution in [0.25, 0.3) is 0 Å². The molecule has 2 atom stereocenters. The van der Waals surface area contributed by atoms with E-state index in [0.29, 0.717) is 25.8 Å². The SMILES string of the molecule is CCC(C)(C)C(=O)C(=O)N1CCCCC1C(O[C@H](CCC1=C=C=CC=C1)c1cccc(C(=O)O)c1)=C1CC1. The molecule has 1 saturated carbocycles. The maximum Gasteiger partial charge on any atom is 0.335 e. The van der Waals surface area contributed by atoms with Crippen molar-refractivity contribution in [3.05, 3.63) is 82.0 Å². The van der Waals surface area contributed by atoms with E-state index in [2.05, 4.69) is 11.5 Å². The number of carboxylic acid groups (broad SMARTS) is 1. The molecule has 1 amide bonds. The third kappa shape index (κ3) is 6.45. The first-order valence-corrected chi connectivity index (χ1v) is 13.7. The van der Waals surface area contributed by atoms with Crippen LogP contribution in [0.2, 0.25) is 0 Å². The third-order valence-electron chi connectivity index (χ3n) is 7.77. The summed E-state index contributed by atoms with van der Waals surface area (Å²) in [5.41, 5.74) is 8.57. The molecule has 2 aliphatic carbocycles. The highest BCUT2D eigenvalue weighted by molar-refractivity contribution is 6.38. The van der Waals surface area contributed by atoms with E-state index in [-0.39, 0.29) is 17.4 Å². The molecule has 6 nitrogen and oxygen atoms in total. The van der Waals surface area contributed by atoms with Gasteiger partial charge in [-0.3, -0.25) is 9.59 Å².